The summed E-state index contributed by atoms with van der Waals surface area (Å²) in [7, 11) is 1.61. The molecule has 0 aliphatic carbocycles. The highest BCUT2D eigenvalue weighted by Crippen LogP contribution is 2.30. The van der Waals surface area contributed by atoms with Crippen LogP contribution in [-0.4, -0.2) is 35.1 Å². The molecule has 2 aromatic rings. The van der Waals surface area contributed by atoms with Gasteiger partial charge in [-0.1, -0.05) is 0 Å². The zero-order valence-corrected chi connectivity index (χ0v) is 11.6. The Morgan fingerprint density at radius 2 is 2.10 bits per heavy atom. The number of aromatic nitrogens is 2. The maximum absolute atomic E-state index is 11.4. The third kappa shape index (κ3) is 2.62. The molecule has 2 heterocycles. The summed E-state index contributed by atoms with van der Waals surface area (Å²) in [5.41, 5.74) is 0.805. The Kier molecular flexibility index (Phi) is 3.60. The monoisotopic (exact) mass is 292 g/mol. The van der Waals surface area contributed by atoms with Crippen molar-refractivity contribution in [2.75, 3.05) is 13.7 Å². The molecule has 20 heavy (non-hydrogen) atoms. The molecule has 1 fully saturated rings. The van der Waals surface area contributed by atoms with E-state index >= 15 is 0 Å². The van der Waals surface area contributed by atoms with E-state index < -0.39 is 0 Å². The minimum Gasteiger partial charge on any atom is -0.497 e. The van der Waals surface area contributed by atoms with Crippen molar-refractivity contribution in [3.63, 3.8) is 0 Å². The Morgan fingerprint density at radius 1 is 1.30 bits per heavy atom. The van der Waals surface area contributed by atoms with E-state index in [1.54, 1.807) is 7.11 Å². The Labute approximate surface area is 119 Å². The SMILES string of the molecule is COc1ccc(-c2nnc(S[C@H]3CCOC3=O)o2)cc1. The van der Waals surface area contributed by atoms with Crippen LogP contribution in [0, 0.1) is 0 Å². The number of hydrogen-bond donors (Lipinski definition) is 0. The minimum atomic E-state index is -0.251. The maximum atomic E-state index is 11.4. The lowest BCUT2D eigenvalue weighted by Crippen LogP contribution is -2.09. The molecule has 7 heteroatoms. The van der Waals surface area contributed by atoms with Crippen LogP contribution in [0.3, 0.4) is 0 Å². The summed E-state index contributed by atoms with van der Waals surface area (Å²) in [5, 5.41) is 8.04. The van der Waals surface area contributed by atoms with Gasteiger partial charge in [-0.25, -0.2) is 0 Å². The third-order valence-electron chi connectivity index (χ3n) is 2.87. The largest absolute Gasteiger partial charge is 0.497 e. The zero-order valence-electron chi connectivity index (χ0n) is 10.7. The smallest absolute Gasteiger partial charge is 0.319 e. The average molecular weight is 292 g/mol. The molecule has 1 aromatic heterocycles. The first-order chi connectivity index (χ1) is 9.76. The van der Waals surface area contributed by atoms with Crippen molar-refractivity contribution in [3.05, 3.63) is 24.3 Å². The number of nitrogens with zero attached hydrogens (tertiary/aromatic N) is 2. The van der Waals surface area contributed by atoms with Gasteiger partial charge in [0.2, 0.25) is 5.89 Å². The highest BCUT2D eigenvalue weighted by Gasteiger charge is 2.29. The predicted molar refractivity (Wildman–Crippen MR) is 71.5 cm³/mol. The van der Waals surface area contributed by atoms with Gasteiger partial charge in [0.1, 0.15) is 11.0 Å². The van der Waals surface area contributed by atoms with E-state index in [4.69, 9.17) is 13.9 Å². The van der Waals surface area contributed by atoms with Crippen LogP contribution in [0.1, 0.15) is 6.42 Å². The number of methoxy groups -OCH3 is 1. The van der Waals surface area contributed by atoms with Crippen molar-refractivity contribution in [3.8, 4) is 17.2 Å². The van der Waals surface area contributed by atoms with Crippen molar-refractivity contribution < 1.29 is 18.7 Å². The van der Waals surface area contributed by atoms with E-state index in [0.29, 0.717) is 24.1 Å². The molecule has 1 aliphatic rings. The van der Waals surface area contributed by atoms with Crippen LogP contribution in [0.4, 0.5) is 0 Å². The topological polar surface area (TPSA) is 74.5 Å². The number of rotatable bonds is 4. The van der Waals surface area contributed by atoms with Gasteiger partial charge in [-0.3, -0.25) is 4.79 Å². The summed E-state index contributed by atoms with van der Waals surface area (Å²) in [4.78, 5) is 11.4. The van der Waals surface area contributed by atoms with Crippen molar-refractivity contribution in [1.29, 1.82) is 0 Å². The van der Waals surface area contributed by atoms with Crippen LogP contribution in [0.15, 0.2) is 33.9 Å². The molecule has 1 aliphatic heterocycles. The standard InChI is InChI=1S/C13H12N2O4S/c1-17-9-4-2-8(3-5-9)11-14-15-13(19-11)20-10-6-7-18-12(10)16/h2-5,10H,6-7H2,1H3/t10-/m0/s1. The zero-order chi connectivity index (χ0) is 13.9. The van der Waals surface area contributed by atoms with Crippen LogP contribution in [0.2, 0.25) is 0 Å². The van der Waals surface area contributed by atoms with Crippen molar-refractivity contribution in [1.82, 2.24) is 10.2 Å². The van der Waals surface area contributed by atoms with Crippen LogP contribution in [0.25, 0.3) is 11.5 Å². The fourth-order valence-electron chi connectivity index (χ4n) is 1.81. The number of cyclic esters (lactones) is 1. The van der Waals surface area contributed by atoms with E-state index in [0.717, 1.165) is 11.3 Å². The first-order valence-electron chi connectivity index (χ1n) is 6.07. The number of carbonyl (C=O) groups is 1. The molecule has 0 radical (unpaired) electrons. The first kappa shape index (κ1) is 13.0. The Bertz CT molecular complexity index is 611. The Balaban J connectivity index is 1.73. The minimum absolute atomic E-state index is 0.223. The number of esters is 1. The number of carbonyl (C=O) groups excluding carboxylic acids is 1. The van der Waals surface area contributed by atoms with Crippen LogP contribution < -0.4 is 4.74 Å². The second kappa shape index (κ2) is 5.54. The van der Waals surface area contributed by atoms with Crippen LogP contribution in [-0.2, 0) is 9.53 Å². The molecule has 0 spiro atoms. The van der Waals surface area contributed by atoms with Crippen molar-refractivity contribution >= 4 is 17.7 Å². The molecule has 0 bridgehead atoms. The lowest BCUT2D eigenvalue weighted by atomic mass is 10.2. The Morgan fingerprint density at radius 3 is 2.75 bits per heavy atom. The van der Waals surface area contributed by atoms with Gasteiger partial charge in [-0.05, 0) is 36.0 Å². The molecule has 0 N–H and O–H groups in total. The highest BCUT2D eigenvalue weighted by atomic mass is 32.2. The molecule has 6 nitrogen and oxygen atoms in total. The second-order valence-electron chi connectivity index (χ2n) is 4.16. The molecular weight excluding hydrogens is 280 g/mol. The van der Waals surface area contributed by atoms with Crippen molar-refractivity contribution in [2.45, 2.75) is 16.9 Å². The predicted octanol–water partition coefficient (Wildman–Crippen LogP) is 2.15. The quantitative estimate of drug-likeness (QED) is 0.799. The van der Waals surface area contributed by atoms with Gasteiger partial charge in [-0.15, -0.1) is 10.2 Å². The normalized spacial score (nSPS) is 18.1. The number of benzene rings is 1. The summed E-state index contributed by atoms with van der Waals surface area (Å²) in [6.45, 7) is 0.454. The second-order valence-corrected chi connectivity index (χ2v) is 5.32. The summed E-state index contributed by atoms with van der Waals surface area (Å²) in [5.74, 6) is 0.956. The molecular formula is C13H12N2O4S. The fourth-order valence-corrected chi connectivity index (χ4v) is 2.65. The van der Waals surface area contributed by atoms with E-state index in [9.17, 15) is 4.79 Å². The lowest BCUT2D eigenvalue weighted by molar-refractivity contribution is -0.137. The average Bonchev–Trinajstić information content (AvgIpc) is 3.10. The van der Waals surface area contributed by atoms with Gasteiger partial charge in [-0.2, -0.15) is 0 Å². The molecule has 0 amide bonds. The number of thioether (sulfide) groups is 1. The lowest BCUT2D eigenvalue weighted by Gasteiger charge is -2.00. The van der Waals surface area contributed by atoms with E-state index in [2.05, 4.69) is 10.2 Å². The molecule has 3 rings (SSSR count). The van der Waals surface area contributed by atoms with Gasteiger partial charge < -0.3 is 13.9 Å². The summed E-state index contributed by atoms with van der Waals surface area (Å²) >= 11 is 1.24. The molecule has 104 valence electrons. The molecule has 1 saturated heterocycles. The first-order valence-corrected chi connectivity index (χ1v) is 6.95. The van der Waals surface area contributed by atoms with Gasteiger partial charge in [0, 0.05) is 12.0 Å². The van der Waals surface area contributed by atoms with E-state index in [1.165, 1.54) is 11.8 Å². The summed E-state index contributed by atoms with van der Waals surface area (Å²) in [6.07, 6.45) is 0.670. The molecule has 1 atom stereocenters. The van der Waals surface area contributed by atoms with Crippen molar-refractivity contribution in [2.24, 2.45) is 0 Å². The van der Waals surface area contributed by atoms with E-state index in [-0.39, 0.29) is 11.2 Å². The Hall–Kier alpha value is -2.02. The third-order valence-corrected chi connectivity index (χ3v) is 3.95. The van der Waals surface area contributed by atoms with Crippen LogP contribution >= 0.6 is 11.8 Å². The van der Waals surface area contributed by atoms with Crippen LogP contribution in [0.5, 0.6) is 5.75 Å². The molecule has 1 aromatic carbocycles. The van der Waals surface area contributed by atoms with E-state index in [1.807, 2.05) is 24.3 Å². The highest BCUT2D eigenvalue weighted by molar-refractivity contribution is 8.00. The molecule has 0 unspecified atom stereocenters. The molecule has 0 saturated carbocycles. The van der Waals surface area contributed by atoms with Gasteiger partial charge in [0.25, 0.3) is 5.22 Å². The number of hydrogen-bond acceptors (Lipinski definition) is 7. The van der Waals surface area contributed by atoms with Gasteiger partial charge in [0.15, 0.2) is 0 Å². The van der Waals surface area contributed by atoms with Gasteiger partial charge in [0.05, 0.1) is 13.7 Å². The summed E-state index contributed by atoms with van der Waals surface area (Å²) in [6, 6.07) is 7.32. The van der Waals surface area contributed by atoms with Gasteiger partial charge >= 0.3 is 5.97 Å². The number of ether oxygens (including phenoxy) is 2. The summed E-state index contributed by atoms with van der Waals surface area (Å²) < 4.78 is 15.5. The maximum Gasteiger partial charge on any atom is 0.319 e. The fraction of sp³-hybridized carbons (Fsp3) is 0.308.